The molecule has 1 fully saturated rings. The smallest absolute Gasteiger partial charge is 0.159 e. The molecule has 4 heteroatoms. The summed E-state index contributed by atoms with van der Waals surface area (Å²) in [5.74, 6) is -1.64. The molecule has 17 heavy (non-hydrogen) atoms. The van der Waals surface area contributed by atoms with Crippen LogP contribution in [0, 0.1) is 11.6 Å². The van der Waals surface area contributed by atoms with Gasteiger partial charge in [-0.1, -0.05) is 6.07 Å². The molecule has 94 valence electrons. The van der Waals surface area contributed by atoms with Crippen LogP contribution in [0.25, 0.3) is 0 Å². The van der Waals surface area contributed by atoms with Gasteiger partial charge in [0, 0.05) is 6.54 Å². The fourth-order valence-corrected chi connectivity index (χ4v) is 2.04. The highest BCUT2D eigenvalue weighted by atomic mass is 19.2. The topological polar surface area (TPSA) is 21.3 Å². The quantitative estimate of drug-likeness (QED) is 0.878. The van der Waals surface area contributed by atoms with Gasteiger partial charge < -0.3 is 10.1 Å². The third-order valence-electron chi connectivity index (χ3n) is 3.13. The van der Waals surface area contributed by atoms with Crippen LogP contribution < -0.4 is 5.32 Å². The Labute approximate surface area is 100.0 Å². The third kappa shape index (κ3) is 3.23. The summed E-state index contributed by atoms with van der Waals surface area (Å²) in [6.07, 6.45) is 2.07. The Balaban J connectivity index is 1.94. The summed E-state index contributed by atoms with van der Waals surface area (Å²) in [6.45, 7) is 4.18. The monoisotopic (exact) mass is 241 g/mol. The van der Waals surface area contributed by atoms with Crippen LogP contribution in [0.4, 0.5) is 8.78 Å². The van der Waals surface area contributed by atoms with Gasteiger partial charge in [-0.2, -0.15) is 0 Å². The van der Waals surface area contributed by atoms with Gasteiger partial charge in [-0.15, -0.1) is 0 Å². The molecular weight excluding hydrogens is 224 g/mol. The largest absolute Gasteiger partial charge is 0.369 e. The molecule has 0 aliphatic carbocycles. The molecule has 0 radical (unpaired) electrons. The lowest BCUT2D eigenvalue weighted by Crippen LogP contribution is -2.45. The highest BCUT2D eigenvalue weighted by Gasteiger charge is 2.27. The van der Waals surface area contributed by atoms with Gasteiger partial charge in [0.15, 0.2) is 11.6 Å². The molecule has 1 heterocycles. The van der Waals surface area contributed by atoms with Gasteiger partial charge in [-0.3, -0.25) is 0 Å². The standard InChI is InChI=1S/C13H17F2NO/c1-13(5-2-6-16-9-13)17-8-10-3-4-11(14)12(15)7-10/h3-4,7,16H,2,5-6,8-9H2,1H3. The minimum atomic E-state index is -0.821. The summed E-state index contributed by atoms with van der Waals surface area (Å²) in [7, 11) is 0. The molecule has 1 aromatic carbocycles. The molecular formula is C13H17F2NO. The number of halogens is 2. The predicted molar refractivity (Wildman–Crippen MR) is 61.7 cm³/mol. The molecule has 1 atom stereocenters. The molecule has 1 N–H and O–H groups in total. The van der Waals surface area contributed by atoms with E-state index in [1.807, 2.05) is 6.92 Å². The van der Waals surface area contributed by atoms with E-state index >= 15 is 0 Å². The zero-order valence-corrected chi connectivity index (χ0v) is 9.93. The van der Waals surface area contributed by atoms with Gasteiger partial charge >= 0.3 is 0 Å². The minimum Gasteiger partial charge on any atom is -0.369 e. The molecule has 0 saturated carbocycles. The fraction of sp³-hybridized carbons (Fsp3) is 0.538. The fourth-order valence-electron chi connectivity index (χ4n) is 2.04. The molecule has 0 spiro atoms. The van der Waals surface area contributed by atoms with E-state index in [9.17, 15) is 8.78 Å². The first-order valence-corrected chi connectivity index (χ1v) is 5.88. The number of benzene rings is 1. The van der Waals surface area contributed by atoms with Crippen molar-refractivity contribution in [1.29, 1.82) is 0 Å². The van der Waals surface area contributed by atoms with Crippen molar-refractivity contribution in [1.82, 2.24) is 5.32 Å². The van der Waals surface area contributed by atoms with Crippen LogP contribution in [0.5, 0.6) is 0 Å². The highest BCUT2D eigenvalue weighted by Crippen LogP contribution is 2.22. The molecule has 1 unspecified atom stereocenters. The van der Waals surface area contributed by atoms with Gasteiger partial charge in [0.2, 0.25) is 0 Å². The molecule has 1 aliphatic rings. The van der Waals surface area contributed by atoms with E-state index < -0.39 is 11.6 Å². The number of hydrogen-bond acceptors (Lipinski definition) is 2. The lowest BCUT2D eigenvalue weighted by atomic mass is 9.96. The minimum absolute atomic E-state index is 0.205. The molecule has 0 bridgehead atoms. The van der Waals surface area contributed by atoms with E-state index in [0.29, 0.717) is 12.2 Å². The summed E-state index contributed by atoms with van der Waals surface area (Å²) in [5.41, 5.74) is 0.457. The van der Waals surface area contributed by atoms with Crippen LogP contribution in [-0.4, -0.2) is 18.7 Å². The maximum absolute atomic E-state index is 13.0. The second-order valence-electron chi connectivity index (χ2n) is 4.77. The van der Waals surface area contributed by atoms with Crippen molar-refractivity contribution < 1.29 is 13.5 Å². The Hall–Kier alpha value is -1.00. The Bertz CT molecular complexity index is 389. The van der Waals surface area contributed by atoms with Crippen molar-refractivity contribution in [2.75, 3.05) is 13.1 Å². The van der Waals surface area contributed by atoms with Gasteiger partial charge in [0.05, 0.1) is 12.2 Å². The van der Waals surface area contributed by atoms with Crippen molar-refractivity contribution in [2.45, 2.75) is 32.0 Å². The summed E-state index contributed by atoms with van der Waals surface area (Å²) in [6, 6.07) is 3.88. The highest BCUT2D eigenvalue weighted by molar-refractivity contribution is 5.17. The molecule has 2 rings (SSSR count). The van der Waals surface area contributed by atoms with Crippen molar-refractivity contribution in [3.63, 3.8) is 0 Å². The molecule has 1 aromatic rings. The SMILES string of the molecule is CC1(OCc2ccc(F)c(F)c2)CCCNC1. The summed E-state index contributed by atoms with van der Waals surface area (Å²) in [4.78, 5) is 0. The van der Waals surface area contributed by atoms with Crippen molar-refractivity contribution in [3.05, 3.63) is 35.4 Å². The van der Waals surface area contributed by atoms with Gasteiger partial charge in [-0.05, 0) is 44.0 Å². The lowest BCUT2D eigenvalue weighted by Gasteiger charge is -2.34. The van der Waals surface area contributed by atoms with E-state index in [0.717, 1.165) is 32.0 Å². The van der Waals surface area contributed by atoms with Crippen LogP contribution >= 0.6 is 0 Å². The van der Waals surface area contributed by atoms with Crippen molar-refractivity contribution >= 4 is 0 Å². The third-order valence-corrected chi connectivity index (χ3v) is 3.13. The normalized spacial score (nSPS) is 24.9. The first kappa shape index (κ1) is 12.5. The van der Waals surface area contributed by atoms with Gasteiger partial charge in [-0.25, -0.2) is 8.78 Å². The maximum atomic E-state index is 13.0. The van der Waals surface area contributed by atoms with E-state index in [2.05, 4.69) is 5.32 Å². The Morgan fingerprint density at radius 1 is 1.35 bits per heavy atom. The lowest BCUT2D eigenvalue weighted by molar-refractivity contribution is -0.0572. The van der Waals surface area contributed by atoms with E-state index in [-0.39, 0.29) is 5.60 Å². The van der Waals surface area contributed by atoms with Crippen LogP contribution in [-0.2, 0) is 11.3 Å². The number of piperidine rings is 1. The number of hydrogen-bond donors (Lipinski definition) is 1. The second-order valence-corrected chi connectivity index (χ2v) is 4.77. The summed E-state index contributed by atoms with van der Waals surface area (Å²) in [5, 5.41) is 3.27. The Morgan fingerprint density at radius 3 is 2.82 bits per heavy atom. The van der Waals surface area contributed by atoms with Crippen LogP contribution in [0.1, 0.15) is 25.3 Å². The zero-order valence-electron chi connectivity index (χ0n) is 9.93. The molecule has 0 aromatic heterocycles. The summed E-state index contributed by atoms with van der Waals surface area (Å²) < 4.78 is 31.5. The predicted octanol–water partition coefficient (Wildman–Crippen LogP) is 2.62. The van der Waals surface area contributed by atoms with E-state index in [1.54, 1.807) is 6.07 Å². The molecule has 1 saturated heterocycles. The maximum Gasteiger partial charge on any atom is 0.159 e. The van der Waals surface area contributed by atoms with Crippen LogP contribution in [0.15, 0.2) is 18.2 Å². The number of ether oxygens (including phenoxy) is 1. The van der Waals surface area contributed by atoms with Crippen molar-refractivity contribution in [3.8, 4) is 0 Å². The zero-order chi connectivity index (χ0) is 12.3. The molecule has 0 amide bonds. The first-order valence-electron chi connectivity index (χ1n) is 5.88. The number of nitrogens with one attached hydrogen (secondary N) is 1. The van der Waals surface area contributed by atoms with Crippen LogP contribution in [0.3, 0.4) is 0 Å². The number of rotatable bonds is 3. The van der Waals surface area contributed by atoms with E-state index in [4.69, 9.17) is 4.74 Å². The van der Waals surface area contributed by atoms with Crippen molar-refractivity contribution in [2.24, 2.45) is 0 Å². The van der Waals surface area contributed by atoms with Gasteiger partial charge in [0.25, 0.3) is 0 Å². The Morgan fingerprint density at radius 2 is 2.18 bits per heavy atom. The van der Waals surface area contributed by atoms with Crippen LogP contribution in [0.2, 0.25) is 0 Å². The van der Waals surface area contributed by atoms with E-state index in [1.165, 1.54) is 6.07 Å². The molecule has 2 nitrogen and oxygen atoms in total. The second kappa shape index (κ2) is 5.10. The Kier molecular flexibility index (Phi) is 3.74. The average Bonchev–Trinajstić information content (AvgIpc) is 2.32. The molecule has 1 aliphatic heterocycles. The van der Waals surface area contributed by atoms with Gasteiger partial charge in [0.1, 0.15) is 0 Å². The summed E-state index contributed by atoms with van der Waals surface area (Å²) >= 11 is 0. The first-order chi connectivity index (χ1) is 8.09. The average molecular weight is 241 g/mol.